The van der Waals surface area contributed by atoms with Crippen LogP contribution in [0.4, 0.5) is 0 Å². The van der Waals surface area contributed by atoms with Crippen LogP contribution in [0.25, 0.3) is 0 Å². The Labute approximate surface area is 125 Å². The van der Waals surface area contributed by atoms with E-state index in [-0.39, 0.29) is 5.75 Å². The van der Waals surface area contributed by atoms with Crippen molar-refractivity contribution in [1.29, 1.82) is 0 Å². The number of aromatic hydroxyl groups is 1. The van der Waals surface area contributed by atoms with Crippen molar-refractivity contribution in [2.75, 3.05) is 6.54 Å². The molecule has 5 nitrogen and oxygen atoms in total. The zero-order valence-corrected chi connectivity index (χ0v) is 12.5. The Kier molecular flexibility index (Phi) is 5.75. The van der Waals surface area contributed by atoms with Gasteiger partial charge in [-0.25, -0.2) is 0 Å². The van der Waals surface area contributed by atoms with Gasteiger partial charge in [-0.1, -0.05) is 30.6 Å². The molecule has 0 spiro atoms. The van der Waals surface area contributed by atoms with Gasteiger partial charge in [0.1, 0.15) is 5.75 Å². The molecule has 0 fully saturated rings. The van der Waals surface area contributed by atoms with Crippen molar-refractivity contribution in [3.05, 3.63) is 41.5 Å². The first kappa shape index (κ1) is 15.5. The average molecular weight is 289 g/mol. The predicted molar refractivity (Wildman–Crippen MR) is 81.0 cm³/mol. The Morgan fingerprint density at radius 3 is 2.67 bits per heavy atom. The molecule has 21 heavy (non-hydrogen) atoms. The molecule has 2 aromatic rings. The molecule has 1 aromatic heterocycles. The zero-order chi connectivity index (χ0) is 15.1. The van der Waals surface area contributed by atoms with Crippen molar-refractivity contribution in [3.63, 3.8) is 0 Å². The fourth-order valence-corrected chi connectivity index (χ4v) is 2.38. The SMILES string of the molecule is CCC(CCN)CCc1nc(Cc2ccc(O)cc2)no1. The van der Waals surface area contributed by atoms with Crippen LogP contribution in [0.3, 0.4) is 0 Å². The smallest absolute Gasteiger partial charge is 0.226 e. The molecular formula is C16H23N3O2. The summed E-state index contributed by atoms with van der Waals surface area (Å²) in [5.41, 5.74) is 6.66. The van der Waals surface area contributed by atoms with E-state index in [4.69, 9.17) is 10.3 Å². The van der Waals surface area contributed by atoms with E-state index in [0.29, 0.717) is 24.1 Å². The molecule has 0 saturated heterocycles. The van der Waals surface area contributed by atoms with Crippen LogP contribution < -0.4 is 5.73 Å². The summed E-state index contributed by atoms with van der Waals surface area (Å²) in [5.74, 6) is 2.27. The van der Waals surface area contributed by atoms with Gasteiger partial charge in [0, 0.05) is 12.8 Å². The fraction of sp³-hybridized carbons (Fsp3) is 0.500. The van der Waals surface area contributed by atoms with Gasteiger partial charge in [0.15, 0.2) is 5.82 Å². The molecule has 2 rings (SSSR count). The van der Waals surface area contributed by atoms with E-state index in [2.05, 4.69) is 17.1 Å². The van der Waals surface area contributed by atoms with E-state index >= 15 is 0 Å². The number of phenols is 1. The van der Waals surface area contributed by atoms with Crippen LogP contribution in [0.15, 0.2) is 28.8 Å². The lowest BCUT2D eigenvalue weighted by atomic mass is 9.97. The Morgan fingerprint density at radius 2 is 2.00 bits per heavy atom. The molecule has 1 unspecified atom stereocenters. The third kappa shape index (κ3) is 4.86. The first-order valence-electron chi connectivity index (χ1n) is 7.50. The lowest BCUT2D eigenvalue weighted by Crippen LogP contribution is -2.09. The number of phenolic OH excluding ortho intramolecular Hbond substituents is 1. The number of nitrogens with zero attached hydrogens (tertiary/aromatic N) is 2. The van der Waals surface area contributed by atoms with Crippen molar-refractivity contribution in [3.8, 4) is 5.75 Å². The number of aromatic nitrogens is 2. The molecule has 0 bridgehead atoms. The highest BCUT2D eigenvalue weighted by Gasteiger charge is 2.11. The van der Waals surface area contributed by atoms with E-state index in [9.17, 15) is 5.11 Å². The van der Waals surface area contributed by atoms with Crippen LogP contribution in [0.5, 0.6) is 5.75 Å². The van der Waals surface area contributed by atoms with Gasteiger partial charge in [0.2, 0.25) is 5.89 Å². The molecule has 1 aromatic carbocycles. The third-order valence-corrected chi connectivity index (χ3v) is 3.73. The second kappa shape index (κ2) is 7.78. The maximum atomic E-state index is 9.26. The fourth-order valence-electron chi connectivity index (χ4n) is 2.38. The highest BCUT2D eigenvalue weighted by atomic mass is 16.5. The largest absolute Gasteiger partial charge is 0.508 e. The zero-order valence-electron chi connectivity index (χ0n) is 12.5. The minimum Gasteiger partial charge on any atom is -0.508 e. The Balaban J connectivity index is 1.87. The summed E-state index contributed by atoms with van der Waals surface area (Å²) in [7, 11) is 0. The molecule has 0 amide bonds. The summed E-state index contributed by atoms with van der Waals surface area (Å²) < 4.78 is 5.29. The first-order chi connectivity index (χ1) is 10.2. The van der Waals surface area contributed by atoms with Crippen LogP contribution in [0.2, 0.25) is 0 Å². The van der Waals surface area contributed by atoms with Crippen LogP contribution >= 0.6 is 0 Å². The summed E-state index contributed by atoms with van der Waals surface area (Å²) in [4.78, 5) is 4.42. The molecular weight excluding hydrogens is 266 g/mol. The highest BCUT2D eigenvalue weighted by Crippen LogP contribution is 2.16. The molecule has 3 N–H and O–H groups in total. The molecule has 1 atom stereocenters. The molecule has 0 aliphatic rings. The van der Waals surface area contributed by atoms with Crippen molar-refractivity contribution in [1.82, 2.24) is 10.1 Å². The van der Waals surface area contributed by atoms with Crippen LogP contribution in [0.1, 0.15) is 43.5 Å². The van der Waals surface area contributed by atoms with Gasteiger partial charge in [0.05, 0.1) is 0 Å². The number of aryl methyl sites for hydroxylation is 1. The van der Waals surface area contributed by atoms with Gasteiger partial charge in [-0.15, -0.1) is 0 Å². The minimum absolute atomic E-state index is 0.262. The quantitative estimate of drug-likeness (QED) is 0.780. The first-order valence-corrected chi connectivity index (χ1v) is 7.50. The van der Waals surface area contributed by atoms with E-state index in [1.54, 1.807) is 12.1 Å². The van der Waals surface area contributed by atoms with E-state index in [1.807, 2.05) is 12.1 Å². The van der Waals surface area contributed by atoms with E-state index < -0.39 is 0 Å². The number of rotatable bonds is 8. The lowest BCUT2D eigenvalue weighted by molar-refractivity contribution is 0.351. The van der Waals surface area contributed by atoms with Crippen LogP contribution in [-0.2, 0) is 12.8 Å². The predicted octanol–water partition coefficient (Wildman–Crippen LogP) is 2.67. The van der Waals surface area contributed by atoms with Crippen molar-refractivity contribution in [2.24, 2.45) is 11.7 Å². The summed E-state index contributed by atoms with van der Waals surface area (Å²) in [6, 6.07) is 7.05. The molecule has 5 heteroatoms. The Hall–Kier alpha value is -1.88. The highest BCUT2D eigenvalue weighted by molar-refractivity contribution is 5.27. The van der Waals surface area contributed by atoms with Gasteiger partial charge < -0.3 is 15.4 Å². The van der Waals surface area contributed by atoms with E-state index in [1.165, 1.54) is 0 Å². The summed E-state index contributed by atoms with van der Waals surface area (Å²) in [6.07, 6.45) is 4.64. The second-order valence-electron chi connectivity index (χ2n) is 5.34. The van der Waals surface area contributed by atoms with Crippen LogP contribution in [0, 0.1) is 5.92 Å². The Bertz CT molecular complexity index is 537. The third-order valence-electron chi connectivity index (χ3n) is 3.73. The Morgan fingerprint density at radius 1 is 1.24 bits per heavy atom. The molecule has 1 heterocycles. The summed E-state index contributed by atoms with van der Waals surface area (Å²) in [6.45, 7) is 2.92. The molecule has 0 aliphatic heterocycles. The maximum Gasteiger partial charge on any atom is 0.226 e. The van der Waals surface area contributed by atoms with Gasteiger partial charge >= 0.3 is 0 Å². The average Bonchev–Trinajstić information content (AvgIpc) is 2.93. The van der Waals surface area contributed by atoms with Crippen molar-refractivity contribution < 1.29 is 9.63 Å². The maximum absolute atomic E-state index is 9.26. The normalized spacial score (nSPS) is 12.5. The standard InChI is InChI=1S/C16H23N3O2/c1-2-12(9-10-17)5-8-16-18-15(19-21-16)11-13-3-6-14(20)7-4-13/h3-4,6-7,12,20H,2,5,8-11,17H2,1H3. The number of benzene rings is 1. The molecule has 0 aliphatic carbocycles. The van der Waals surface area contributed by atoms with Crippen molar-refractivity contribution in [2.45, 2.75) is 39.0 Å². The molecule has 0 radical (unpaired) electrons. The second-order valence-corrected chi connectivity index (χ2v) is 5.34. The molecule has 0 saturated carbocycles. The van der Waals surface area contributed by atoms with Gasteiger partial charge in [-0.05, 0) is 43.0 Å². The molecule has 114 valence electrons. The van der Waals surface area contributed by atoms with Gasteiger partial charge in [-0.2, -0.15) is 4.98 Å². The van der Waals surface area contributed by atoms with Gasteiger partial charge in [-0.3, -0.25) is 0 Å². The van der Waals surface area contributed by atoms with Gasteiger partial charge in [0.25, 0.3) is 0 Å². The minimum atomic E-state index is 0.262. The van der Waals surface area contributed by atoms with Crippen LogP contribution in [-0.4, -0.2) is 21.8 Å². The number of hydrogen-bond donors (Lipinski definition) is 2. The topological polar surface area (TPSA) is 85.2 Å². The lowest BCUT2D eigenvalue weighted by Gasteiger charge is -2.11. The number of hydrogen-bond acceptors (Lipinski definition) is 5. The number of nitrogens with two attached hydrogens (primary N) is 1. The van der Waals surface area contributed by atoms with E-state index in [0.717, 1.165) is 37.8 Å². The monoisotopic (exact) mass is 289 g/mol. The summed E-state index contributed by atoms with van der Waals surface area (Å²) in [5, 5.41) is 13.3. The van der Waals surface area contributed by atoms with Crippen molar-refractivity contribution >= 4 is 0 Å². The summed E-state index contributed by atoms with van der Waals surface area (Å²) >= 11 is 0.